The summed E-state index contributed by atoms with van der Waals surface area (Å²) >= 11 is 1.64. The Balaban J connectivity index is 2.51. The van der Waals surface area contributed by atoms with Crippen molar-refractivity contribution in [1.82, 2.24) is 9.97 Å². The van der Waals surface area contributed by atoms with E-state index >= 15 is 0 Å². The van der Waals surface area contributed by atoms with E-state index in [1.165, 1.54) is 4.88 Å². The topological polar surface area (TPSA) is 73.1 Å². The summed E-state index contributed by atoms with van der Waals surface area (Å²) in [5.74, 6) is 6.89. The molecule has 0 bridgehead atoms. The molecule has 0 aliphatic carbocycles. The minimum absolute atomic E-state index is 0.0751. The molecule has 2 aromatic rings. The summed E-state index contributed by atoms with van der Waals surface area (Å²) in [6.45, 7) is 4.16. The van der Waals surface area contributed by atoms with E-state index in [-0.39, 0.29) is 6.10 Å². The van der Waals surface area contributed by atoms with Gasteiger partial charge in [0.05, 0.1) is 5.39 Å². The summed E-state index contributed by atoms with van der Waals surface area (Å²) < 4.78 is 5.44. The molecule has 18 heavy (non-hydrogen) atoms. The molecule has 98 valence electrons. The molecule has 5 nitrogen and oxygen atoms in total. The zero-order valence-corrected chi connectivity index (χ0v) is 11.7. The zero-order valence-electron chi connectivity index (χ0n) is 10.9. The second kappa shape index (κ2) is 5.60. The Kier molecular flexibility index (Phi) is 4.11. The van der Waals surface area contributed by atoms with Crippen molar-refractivity contribution >= 4 is 27.4 Å². The van der Waals surface area contributed by atoms with Crippen LogP contribution >= 0.6 is 11.3 Å². The third-order valence-electron chi connectivity index (χ3n) is 2.79. The van der Waals surface area contributed by atoms with Gasteiger partial charge < -0.3 is 10.2 Å². The molecule has 0 spiro atoms. The number of ether oxygens (including phenoxy) is 1. The van der Waals surface area contributed by atoms with Crippen molar-refractivity contribution in [3.8, 4) is 0 Å². The van der Waals surface area contributed by atoms with Crippen LogP contribution in [-0.2, 0) is 4.74 Å². The minimum atomic E-state index is -0.0751. The maximum atomic E-state index is 5.53. The Morgan fingerprint density at radius 2 is 2.28 bits per heavy atom. The van der Waals surface area contributed by atoms with Gasteiger partial charge in [0.25, 0.3) is 0 Å². The summed E-state index contributed by atoms with van der Waals surface area (Å²) in [5, 5.41) is 0.968. The van der Waals surface area contributed by atoms with Gasteiger partial charge in [-0.2, -0.15) is 0 Å². The van der Waals surface area contributed by atoms with E-state index in [9.17, 15) is 0 Å². The van der Waals surface area contributed by atoms with Crippen molar-refractivity contribution in [2.24, 2.45) is 5.84 Å². The molecule has 6 heteroatoms. The average Bonchev–Trinajstić information content (AvgIpc) is 2.74. The van der Waals surface area contributed by atoms with E-state index in [2.05, 4.69) is 22.3 Å². The number of anilines is 1. The van der Waals surface area contributed by atoms with Gasteiger partial charge >= 0.3 is 0 Å². The molecule has 0 aliphatic heterocycles. The molecule has 0 saturated heterocycles. The van der Waals surface area contributed by atoms with Crippen LogP contribution in [0.25, 0.3) is 10.2 Å². The summed E-state index contributed by atoms with van der Waals surface area (Å²) in [7, 11) is 1.68. The first-order chi connectivity index (χ1) is 8.69. The van der Waals surface area contributed by atoms with Crippen LogP contribution in [-0.4, -0.2) is 17.1 Å². The van der Waals surface area contributed by atoms with Gasteiger partial charge in [0.1, 0.15) is 10.9 Å². The average molecular weight is 266 g/mol. The number of hydrogen-bond acceptors (Lipinski definition) is 6. The minimum Gasteiger partial charge on any atom is -0.373 e. The van der Waals surface area contributed by atoms with Crippen LogP contribution in [0.15, 0.2) is 6.07 Å². The predicted molar refractivity (Wildman–Crippen MR) is 74.6 cm³/mol. The quantitative estimate of drug-likeness (QED) is 0.643. The lowest BCUT2D eigenvalue weighted by molar-refractivity contribution is 0.0881. The number of methoxy groups -OCH3 is 1. The number of nitrogens with one attached hydrogen (secondary N) is 1. The Bertz CT molecular complexity index is 540. The third-order valence-corrected chi connectivity index (χ3v) is 3.74. The SMILES string of the molecule is CCCC(OC)c1nc(NN)c2cc(C)sc2n1. The molecule has 2 aromatic heterocycles. The number of fused-ring (bicyclic) bond motifs is 1. The molecular weight excluding hydrogens is 248 g/mol. The first-order valence-electron chi connectivity index (χ1n) is 5.97. The molecule has 0 saturated carbocycles. The van der Waals surface area contributed by atoms with Crippen molar-refractivity contribution in [3.05, 3.63) is 16.8 Å². The molecular formula is C12H18N4OS. The second-order valence-electron chi connectivity index (χ2n) is 4.16. The number of hydrogen-bond donors (Lipinski definition) is 2. The lowest BCUT2D eigenvalue weighted by Gasteiger charge is -2.14. The third kappa shape index (κ3) is 2.45. The van der Waals surface area contributed by atoms with Gasteiger partial charge in [-0.3, -0.25) is 0 Å². The highest BCUT2D eigenvalue weighted by Crippen LogP contribution is 2.30. The van der Waals surface area contributed by atoms with Gasteiger partial charge in [0.15, 0.2) is 11.6 Å². The smallest absolute Gasteiger partial charge is 0.161 e. The summed E-state index contributed by atoms with van der Waals surface area (Å²) in [6.07, 6.45) is 1.85. The van der Waals surface area contributed by atoms with Gasteiger partial charge in [-0.05, 0) is 19.4 Å². The molecule has 2 heterocycles. The van der Waals surface area contributed by atoms with Crippen molar-refractivity contribution in [3.63, 3.8) is 0 Å². The highest BCUT2D eigenvalue weighted by molar-refractivity contribution is 7.18. The lowest BCUT2D eigenvalue weighted by Crippen LogP contribution is -2.13. The van der Waals surface area contributed by atoms with Crippen LogP contribution in [0.3, 0.4) is 0 Å². The molecule has 0 aromatic carbocycles. The maximum Gasteiger partial charge on any atom is 0.161 e. The van der Waals surface area contributed by atoms with E-state index in [1.54, 1.807) is 18.4 Å². The number of nitrogens with two attached hydrogens (primary N) is 1. The number of nitrogen functional groups attached to an aromatic ring is 1. The first kappa shape index (κ1) is 13.2. The number of thiophene rings is 1. The van der Waals surface area contributed by atoms with E-state index in [4.69, 9.17) is 10.6 Å². The number of nitrogens with zero attached hydrogens (tertiary/aromatic N) is 2. The van der Waals surface area contributed by atoms with E-state index in [0.29, 0.717) is 11.6 Å². The lowest BCUT2D eigenvalue weighted by atomic mass is 10.2. The Morgan fingerprint density at radius 3 is 2.89 bits per heavy atom. The van der Waals surface area contributed by atoms with Gasteiger partial charge in [-0.1, -0.05) is 13.3 Å². The van der Waals surface area contributed by atoms with Crippen LogP contribution in [0, 0.1) is 6.92 Å². The molecule has 0 aliphatic rings. The fourth-order valence-electron chi connectivity index (χ4n) is 1.93. The predicted octanol–water partition coefficient (Wildman–Crippen LogP) is 2.77. The normalized spacial score (nSPS) is 12.9. The first-order valence-corrected chi connectivity index (χ1v) is 6.78. The van der Waals surface area contributed by atoms with Crippen molar-refractivity contribution in [2.45, 2.75) is 32.8 Å². The van der Waals surface area contributed by atoms with Crippen LogP contribution < -0.4 is 11.3 Å². The molecule has 3 N–H and O–H groups in total. The van der Waals surface area contributed by atoms with Crippen molar-refractivity contribution in [1.29, 1.82) is 0 Å². The second-order valence-corrected chi connectivity index (χ2v) is 5.40. The Hall–Kier alpha value is -1.24. The van der Waals surface area contributed by atoms with Crippen LogP contribution in [0.5, 0.6) is 0 Å². The van der Waals surface area contributed by atoms with Gasteiger partial charge in [-0.15, -0.1) is 11.3 Å². The molecule has 0 radical (unpaired) electrons. The zero-order chi connectivity index (χ0) is 13.1. The molecule has 0 amide bonds. The summed E-state index contributed by atoms with van der Waals surface area (Å²) in [4.78, 5) is 11.2. The highest BCUT2D eigenvalue weighted by Gasteiger charge is 2.17. The number of aromatic nitrogens is 2. The Morgan fingerprint density at radius 1 is 1.50 bits per heavy atom. The largest absolute Gasteiger partial charge is 0.373 e. The summed E-state index contributed by atoms with van der Waals surface area (Å²) in [5.41, 5.74) is 2.64. The van der Waals surface area contributed by atoms with Gasteiger partial charge in [0, 0.05) is 12.0 Å². The summed E-state index contributed by atoms with van der Waals surface area (Å²) in [6, 6.07) is 2.04. The van der Waals surface area contributed by atoms with Crippen LogP contribution in [0.1, 0.15) is 36.6 Å². The standard InChI is InChI=1S/C12H18N4OS/c1-4-5-9(17-3)11-14-10(16-13)8-6-7(2)18-12(8)15-11/h6,9H,4-5,13H2,1-3H3,(H,14,15,16). The molecule has 2 rings (SSSR count). The molecule has 0 fully saturated rings. The molecule has 1 atom stereocenters. The highest BCUT2D eigenvalue weighted by atomic mass is 32.1. The number of aryl methyl sites for hydroxylation is 1. The number of rotatable bonds is 5. The van der Waals surface area contributed by atoms with E-state index in [1.807, 2.05) is 13.0 Å². The van der Waals surface area contributed by atoms with Crippen LogP contribution in [0.2, 0.25) is 0 Å². The fourth-order valence-corrected chi connectivity index (χ4v) is 2.81. The van der Waals surface area contributed by atoms with Crippen LogP contribution in [0.4, 0.5) is 5.82 Å². The maximum absolute atomic E-state index is 5.53. The fraction of sp³-hybridized carbons (Fsp3) is 0.500. The van der Waals surface area contributed by atoms with Crippen molar-refractivity contribution < 1.29 is 4.74 Å². The van der Waals surface area contributed by atoms with E-state index < -0.39 is 0 Å². The van der Waals surface area contributed by atoms with Crippen molar-refractivity contribution in [2.75, 3.05) is 12.5 Å². The van der Waals surface area contributed by atoms with Gasteiger partial charge in [-0.25, -0.2) is 15.8 Å². The number of hydrazine groups is 1. The van der Waals surface area contributed by atoms with E-state index in [0.717, 1.165) is 23.1 Å². The Labute approximate surface area is 110 Å². The molecule has 1 unspecified atom stereocenters. The van der Waals surface area contributed by atoms with Gasteiger partial charge in [0.2, 0.25) is 0 Å². The monoisotopic (exact) mass is 266 g/mol.